The maximum atomic E-state index is 13.4. The Bertz CT molecular complexity index is 407. The Balaban J connectivity index is 1.93. The molecule has 2 N–H and O–H groups in total. The van der Waals surface area contributed by atoms with Crippen molar-refractivity contribution >= 4 is 0 Å². The summed E-state index contributed by atoms with van der Waals surface area (Å²) in [5.41, 5.74) is -0.963. The normalized spacial score (nSPS) is 27.7. The van der Waals surface area contributed by atoms with Crippen LogP contribution in [-0.2, 0) is 11.3 Å². The number of hydrogen-bond acceptors (Lipinski definition) is 3. The van der Waals surface area contributed by atoms with E-state index < -0.39 is 17.2 Å². The van der Waals surface area contributed by atoms with Crippen LogP contribution in [0.4, 0.5) is 8.78 Å². The SMILES string of the molecule is CC1OCCC1(O)CNCc1c(F)cccc1F. The quantitative estimate of drug-likeness (QED) is 0.860. The minimum absolute atomic E-state index is 0.00679. The minimum atomic E-state index is -0.957. The van der Waals surface area contributed by atoms with Gasteiger partial charge in [0.2, 0.25) is 0 Å². The highest BCUT2D eigenvalue weighted by molar-refractivity contribution is 5.19. The molecule has 0 aromatic heterocycles. The average Bonchev–Trinajstić information content (AvgIpc) is 2.64. The first-order chi connectivity index (χ1) is 8.53. The second kappa shape index (κ2) is 5.30. The average molecular weight is 257 g/mol. The van der Waals surface area contributed by atoms with E-state index in [0.29, 0.717) is 13.0 Å². The fourth-order valence-electron chi connectivity index (χ4n) is 2.11. The Hall–Kier alpha value is -1.04. The van der Waals surface area contributed by atoms with Crippen molar-refractivity contribution in [2.75, 3.05) is 13.2 Å². The smallest absolute Gasteiger partial charge is 0.130 e. The van der Waals surface area contributed by atoms with Crippen molar-refractivity contribution in [1.82, 2.24) is 5.32 Å². The fraction of sp³-hybridized carbons (Fsp3) is 0.538. The molecule has 0 aliphatic carbocycles. The first-order valence-electron chi connectivity index (χ1n) is 6.00. The molecule has 2 rings (SSSR count). The third-order valence-corrected chi connectivity index (χ3v) is 3.45. The van der Waals surface area contributed by atoms with Gasteiger partial charge in [0.05, 0.1) is 6.10 Å². The molecule has 1 fully saturated rings. The van der Waals surface area contributed by atoms with Crippen LogP contribution in [0.3, 0.4) is 0 Å². The topological polar surface area (TPSA) is 41.5 Å². The predicted octanol–water partition coefficient (Wildman–Crippen LogP) is 1.59. The zero-order valence-corrected chi connectivity index (χ0v) is 10.2. The maximum Gasteiger partial charge on any atom is 0.130 e. The van der Waals surface area contributed by atoms with Crippen LogP contribution in [0.1, 0.15) is 18.9 Å². The van der Waals surface area contributed by atoms with Gasteiger partial charge in [-0.25, -0.2) is 8.78 Å². The zero-order chi connectivity index (χ0) is 13.2. The van der Waals surface area contributed by atoms with E-state index in [4.69, 9.17) is 4.74 Å². The maximum absolute atomic E-state index is 13.4. The molecule has 1 aliphatic rings. The molecule has 0 spiro atoms. The van der Waals surface area contributed by atoms with Crippen molar-refractivity contribution in [2.24, 2.45) is 0 Å². The molecular formula is C13H17F2NO2. The van der Waals surface area contributed by atoms with Gasteiger partial charge in [0.15, 0.2) is 0 Å². The van der Waals surface area contributed by atoms with Crippen molar-refractivity contribution in [3.05, 3.63) is 35.4 Å². The van der Waals surface area contributed by atoms with Crippen LogP contribution in [0.25, 0.3) is 0 Å². The lowest BCUT2D eigenvalue weighted by atomic mass is 9.96. The van der Waals surface area contributed by atoms with Gasteiger partial charge in [-0.1, -0.05) is 6.07 Å². The molecule has 1 aromatic carbocycles. The summed E-state index contributed by atoms with van der Waals surface area (Å²) in [7, 11) is 0. The Labute approximate surface area is 105 Å². The third-order valence-electron chi connectivity index (χ3n) is 3.45. The highest BCUT2D eigenvalue weighted by atomic mass is 19.1. The van der Waals surface area contributed by atoms with Crippen LogP contribution in [-0.4, -0.2) is 30.0 Å². The molecule has 1 saturated heterocycles. The molecule has 2 unspecified atom stereocenters. The monoisotopic (exact) mass is 257 g/mol. The van der Waals surface area contributed by atoms with Gasteiger partial charge in [0.1, 0.15) is 17.2 Å². The van der Waals surface area contributed by atoms with E-state index in [-0.39, 0.29) is 24.8 Å². The highest BCUT2D eigenvalue weighted by Crippen LogP contribution is 2.24. The molecule has 2 atom stereocenters. The second-order valence-electron chi connectivity index (χ2n) is 4.67. The molecule has 0 saturated carbocycles. The lowest BCUT2D eigenvalue weighted by Crippen LogP contribution is -2.45. The van der Waals surface area contributed by atoms with E-state index in [2.05, 4.69) is 5.32 Å². The van der Waals surface area contributed by atoms with Crippen LogP contribution in [0.2, 0.25) is 0 Å². The third kappa shape index (κ3) is 2.68. The summed E-state index contributed by atoms with van der Waals surface area (Å²) < 4.78 is 32.0. The standard InChI is InChI=1S/C13H17F2NO2/c1-9-13(17,5-6-18-9)8-16-7-10-11(14)3-2-4-12(10)15/h2-4,9,16-17H,5-8H2,1H3. The van der Waals surface area contributed by atoms with Gasteiger partial charge in [-0.2, -0.15) is 0 Å². The van der Waals surface area contributed by atoms with Crippen molar-refractivity contribution in [3.8, 4) is 0 Å². The van der Waals surface area contributed by atoms with E-state index in [1.165, 1.54) is 18.2 Å². The second-order valence-corrected chi connectivity index (χ2v) is 4.67. The number of ether oxygens (including phenoxy) is 1. The molecule has 0 radical (unpaired) electrons. The summed E-state index contributed by atoms with van der Waals surface area (Å²) in [6.07, 6.45) is 0.261. The van der Waals surface area contributed by atoms with Crippen LogP contribution < -0.4 is 5.32 Å². The molecule has 1 aliphatic heterocycles. The molecule has 18 heavy (non-hydrogen) atoms. The lowest BCUT2D eigenvalue weighted by Gasteiger charge is -2.26. The van der Waals surface area contributed by atoms with E-state index >= 15 is 0 Å². The summed E-state index contributed by atoms with van der Waals surface area (Å²) in [4.78, 5) is 0. The number of rotatable bonds is 4. The Morgan fingerprint density at radius 1 is 1.44 bits per heavy atom. The Morgan fingerprint density at radius 3 is 2.67 bits per heavy atom. The van der Waals surface area contributed by atoms with E-state index in [1.54, 1.807) is 6.92 Å². The van der Waals surface area contributed by atoms with E-state index in [0.717, 1.165) is 0 Å². The molecule has 3 nitrogen and oxygen atoms in total. The zero-order valence-electron chi connectivity index (χ0n) is 10.2. The van der Waals surface area contributed by atoms with Crippen molar-refractivity contribution < 1.29 is 18.6 Å². The van der Waals surface area contributed by atoms with Gasteiger partial charge in [0, 0.05) is 31.7 Å². The molecule has 100 valence electrons. The van der Waals surface area contributed by atoms with E-state index in [1.807, 2.05) is 0 Å². The van der Waals surface area contributed by atoms with Crippen molar-refractivity contribution in [2.45, 2.75) is 31.6 Å². The van der Waals surface area contributed by atoms with Gasteiger partial charge >= 0.3 is 0 Å². The lowest BCUT2D eigenvalue weighted by molar-refractivity contribution is -0.0263. The number of halogens is 2. The Morgan fingerprint density at radius 2 is 2.11 bits per heavy atom. The van der Waals surface area contributed by atoms with Crippen LogP contribution >= 0.6 is 0 Å². The fourth-order valence-corrected chi connectivity index (χ4v) is 2.11. The van der Waals surface area contributed by atoms with Crippen LogP contribution in [0, 0.1) is 11.6 Å². The van der Waals surface area contributed by atoms with Gasteiger partial charge in [-0.05, 0) is 19.1 Å². The first kappa shape index (κ1) is 13.4. The van der Waals surface area contributed by atoms with Crippen molar-refractivity contribution in [1.29, 1.82) is 0 Å². The summed E-state index contributed by atoms with van der Waals surface area (Å²) in [6, 6.07) is 3.76. The number of nitrogens with one attached hydrogen (secondary N) is 1. The number of benzene rings is 1. The van der Waals surface area contributed by atoms with E-state index in [9.17, 15) is 13.9 Å². The highest BCUT2D eigenvalue weighted by Gasteiger charge is 2.39. The predicted molar refractivity (Wildman–Crippen MR) is 63.0 cm³/mol. The number of aliphatic hydroxyl groups is 1. The van der Waals surface area contributed by atoms with Gasteiger partial charge < -0.3 is 15.2 Å². The number of hydrogen-bond donors (Lipinski definition) is 2. The summed E-state index contributed by atoms with van der Waals surface area (Å²) >= 11 is 0. The van der Waals surface area contributed by atoms with Gasteiger partial charge in [-0.15, -0.1) is 0 Å². The summed E-state index contributed by atoms with van der Waals surface area (Å²) in [5.74, 6) is -1.16. The largest absolute Gasteiger partial charge is 0.386 e. The first-order valence-corrected chi connectivity index (χ1v) is 6.00. The van der Waals surface area contributed by atoms with Gasteiger partial charge in [-0.3, -0.25) is 0 Å². The molecule has 1 heterocycles. The van der Waals surface area contributed by atoms with Gasteiger partial charge in [0.25, 0.3) is 0 Å². The minimum Gasteiger partial charge on any atom is -0.386 e. The van der Waals surface area contributed by atoms with Crippen LogP contribution in [0.5, 0.6) is 0 Å². The summed E-state index contributed by atoms with van der Waals surface area (Å²) in [5, 5.41) is 13.1. The molecular weight excluding hydrogens is 240 g/mol. The molecule has 0 bridgehead atoms. The van der Waals surface area contributed by atoms with Crippen molar-refractivity contribution in [3.63, 3.8) is 0 Å². The molecule has 0 amide bonds. The molecule has 1 aromatic rings. The Kier molecular flexibility index (Phi) is 3.94. The van der Waals surface area contributed by atoms with Crippen LogP contribution in [0.15, 0.2) is 18.2 Å². The molecule has 5 heteroatoms. The summed E-state index contributed by atoms with van der Waals surface area (Å²) in [6.45, 7) is 2.60.